The number of nitrogens with zero attached hydrogens (tertiary/aromatic N) is 1. The molecule has 0 heterocycles. The van der Waals surface area contributed by atoms with Crippen LogP contribution in [0.5, 0.6) is 0 Å². The van der Waals surface area contributed by atoms with Crippen LogP contribution in [0.1, 0.15) is 5.56 Å². The number of halogens is 1. The Morgan fingerprint density at radius 3 is 2.52 bits per heavy atom. The van der Waals surface area contributed by atoms with Gasteiger partial charge in [-0.25, -0.2) is 12.7 Å². The average Bonchev–Trinajstić information content (AvgIpc) is 2.55. The van der Waals surface area contributed by atoms with E-state index < -0.39 is 10.0 Å². The highest BCUT2D eigenvalue weighted by Crippen LogP contribution is 2.22. The Bertz CT molecular complexity index is 882. The van der Waals surface area contributed by atoms with Gasteiger partial charge in [0.1, 0.15) is 0 Å². The third-order valence-corrected chi connectivity index (χ3v) is 5.59. The zero-order valence-electron chi connectivity index (χ0n) is 14.2. The molecule has 2 N–H and O–H groups in total. The lowest BCUT2D eigenvalue weighted by Gasteiger charge is -2.13. The van der Waals surface area contributed by atoms with Gasteiger partial charge in [-0.3, -0.25) is 4.79 Å². The summed E-state index contributed by atoms with van der Waals surface area (Å²) >= 11 is 6.08. The third kappa shape index (κ3) is 4.94. The summed E-state index contributed by atoms with van der Waals surface area (Å²) in [4.78, 5) is 12.2. The SMILES string of the molecule is Cc1ccc(NC(=O)CNc2cccc(S(=O)(=O)N(C)C)c2)c(Cl)c1. The van der Waals surface area contributed by atoms with Crippen LogP contribution in [0, 0.1) is 6.92 Å². The summed E-state index contributed by atoms with van der Waals surface area (Å²) in [6.07, 6.45) is 0. The minimum atomic E-state index is -3.52. The number of rotatable bonds is 6. The van der Waals surface area contributed by atoms with Crippen LogP contribution in [0.4, 0.5) is 11.4 Å². The van der Waals surface area contributed by atoms with Crippen molar-refractivity contribution in [3.8, 4) is 0 Å². The van der Waals surface area contributed by atoms with Crippen molar-refractivity contribution < 1.29 is 13.2 Å². The molecule has 8 heteroatoms. The Balaban J connectivity index is 2.03. The van der Waals surface area contributed by atoms with Gasteiger partial charge >= 0.3 is 0 Å². The molecule has 0 spiro atoms. The van der Waals surface area contributed by atoms with Crippen LogP contribution in [0.3, 0.4) is 0 Å². The maximum atomic E-state index is 12.1. The lowest BCUT2D eigenvalue weighted by Crippen LogP contribution is -2.23. The van der Waals surface area contributed by atoms with Gasteiger partial charge in [-0.15, -0.1) is 0 Å². The van der Waals surface area contributed by atoms with E-state index in [1.807, 2.05) is 13.0 Å². The normalized spacial score (nSPS) is 11.4. The standard InChI is InChI=1S/C17H20ClN3O3S/c1-12-7-8-16(15(18)9-12)20-17(22)11-19-13-5-4-6-14(10-13)25(23,24)21(2)3/h4-10,19H,11H2,1-3H3,(H,20,22). The quantitative estimate of drug-likeness (QED) is 0.806. The van der Waals surface area contributed by atoms with E-state index in [9.17, 15) is 13.2 Å². The Labute approximate surface area is 152 Å². The van der Waals surface area contributed by atoms with Crippen molar-refractivity contribution in [1.82, 2.24) is 4.31 Å². The second-order valence-corrected chi connectivity index (χ2v) is 8.26. The van der Waals surface area contributed by atoms with Gasteiger partial charge in [0.05, 0.1) is 22.2 Å². The summed E-state index contributed by atoms with van der Waals surface area (Å²) < 4.78 is 25.4. The molecule has 25 heavy (non-hydrogen) atoms. The lowest BCUT2D eigenvalue weighted by atomic mass is 10.2. The molecule has 2 aromatic rings. The Hall–Kier alpha value is -2.09. The average molecular weight is 382 g/mol. The summed E-state index contributed by atoms with van der Waals surface area (Å²) in [6.45, 7) is 1.89. The lowest BCUT2D eigenvalue weighted by molar-refractivity contribution is -0.114. The number of carbonyl (C=O) groups excluding carboxylic acids is 1. The minimum absolute atomic E-state index is 0.0182. The highest BCUT2D eigenvalue weighted by molar-refractivity contribution is 7.89. The van der Waals surface area contributed by atoms with Crippen molar-refractivity contribution in [2.75, 3.05) is 31.3 Å². The number of anilines is 2. The van der Waals surface area contributed by atoms with Crippen LogP contribution in [-0.4, -0.2) is 39.3 Å². The topological polar surface area (TPSA) is 78.5 Å². The Kier molecular flexibility index (Phi) is 6.05. The predicted octanol–water partition coefficient (Wildman–Crippen LogP) is 2.95. The van der Waals surface area contributed by atoms with Crippen molar-refractivity contribution in [2.24, 2.45) is 0 Å². The van der Waals surface area contributed by atoms with E-state index in [-0.39, 0.29) is 17.3 Å². The highest BCUT2D eigenvalue weighted by Gasteiger charge is 2.17. The van der Waals surface area contributed by atoms with Crippen LogP contribution in [0.15, 0.2) is 47.4 Å². The zero-order valence-corrected chi connectivity index (χ0v) is 15.8. The Morgan fingerprint density at radius 2 is 1.88 bits per heavy atom. The number of hydrogen-bond acceptors (Lipinski definition) is 4. The molecule has 0 fully saturated rings. The molecule has 0 bridgehead atoms. The molecule has 0 atom stereocenters. The largest absolute Gasteiger partial charge is 0.376 e. The van der Waals surface area contributed by atoms with Gasteiger partial charge < -0.3 is 10.6 Å². The molecule has 0 aliphatic rings. The van der Waals surface area contributed by atoms with E-state index >= 15 is 0 Å². The van der Waals surface area contributed by atoms with Gasteiger partial charge in [0, 0.05) is 19.8 Å². The van der Waals surface area contributed by atoms with Gasteiger partial charge in [0.15, 0.2) is 0 Å². The molecule has 0 radical (unpaired) electrons. The van der Waals surface area contributed by atoms with Crippen LogP contribution >= 0.6 is 11.6 Å². The fourth-order valence-electron chi connectivity index (χ4n) is 2.08. The van der Waals surface area contributed by atoms with Gasteiger partial charge in [-0.1, -0.05) is 23.7 Å². The van der Waals surface area contributed by atoms with Crippen LogP contribution in [-0.2, 0) is 14.8 Å². The molecule has 134 valence electrons. The number of nitrogens with one attached hydrogen (secondary N) is 2. The number of carbonyl (C=O) groups is 1. The first kappa shape index (κ1) is 19.2. The molecule has 0 saturated carbocycles. The number of benzene rings is 2. The van der Waals surface area contributed by atoms with E-state index in [1.54, 1.807) is 24.3 Å². The second kappa shape index (κ2) is 7.86. The maximum absolute atomic E-state index is 12.1. The van der Waals surface area contributed by atoms with E-state index in [2.05, 4.69) is 10.6 Å². The van der Waals surface area contributed by atoms with Crippen molar-refractivity contribution >= 4 is 38.9 Å². The zero-order chi connectivity index (χ0) is 18.6. The first-order chi connectivity index (χ1) is 11.7. The number of sulfonamides is 1. The van der Waals surface area contributed by atoms with Crippen LogP contribution in [0.2, 0.25) is 5.02 Å². The number of aryl methyl sites for hydroxylation is 1. The van der Waals surface area contributed by atoms with Crippen molar-refractivity contribution in [3.05, 3.63) is 53.1 Å². The van der Waals surface area contributed by atoms with E-state index in [0.717, 1.165) is 9.87 Å². The first-order valence-corrected chi connectivity index (χ1v) is 9.34. The molecule has 0 unspecified atom stereocenters. The molecule has 6 nitrogen and oxygen atoms in total. The molecule has 0 aliphatic heterocycles. The van der Waals surface area contributed by atoms with Crippen molar-refractivity contribution in [1.29, 1.82) is 0 Å². The fraction of sp³-hybridized carbons (Fsp3) is 0.235. The highest BCUT2D eigenvalue weighted by atomic mass is 35.5. The maximum Gasteiger partial charge on any atom is 0.243 e. The van der Waals surface area contributed by atoms with E-state index in [4.69, 9.17) is 11.6 Å². The molecule has 0 aromatic heterocycles. The van der Waals surface area contributed by atoms with Crippen molar-refractivity contribution in [2.45, 2.75) is 11.8 Å². The third-order valence-electron chi connectivity index (χ3n) is 3.46. The second-order valence-electron chi connectivity index (χ2n) is 5.70. The smallest absolute Gasteiger partial charge is 0.243 e. The fourth-order valence-corrected chi connectivity index (χ4v) is 3.31. The van der Waals surface area contributed by atoms with Gasteiger partial charge in [-0.05, 0) is 42.8 Å². The molecule has 2 rings (SSSR count). The summed E-state index contributed by atoms with van der Waals surface area (Å²) in [7, 11) is -0.588. The molecule has 2 aromatic carbocycles. The molecule has 0 aliphatic carbocycles. The summed E-state index contributed by atoms with van der Waals surface area (Å²) in [5, 5.41) is 6.08. The predicted molar refractivity (Wildman–Crippen MR) is 101 cm³/mol. The van der Waals surface area contributed by atoms with Crippen LogP contribution in [0.25, 0.3) is 0 Å². The molecular weight excluding hydrogens is 362 g/mol. The van der Waals surface area contributed by atoms with Gasteiger partial charge in [0.2, 0.25) is 15.9 Å². The molecule has 0 saturated heterocycles. The molecular formula is C17H20ClN3O3S. The number of hydrogen-bond donors (Lipinski definition) is 2. The van der Waals surface area contributed by atoms with E-state index in [0.29, 0.717) is 16.4 Å². The first-order valence-electron chi connectivity index (χ1n) is 7.52. The van der Waals surface area contributed by atoms with Crippen LogP contribution < -0.4 is 10.6 Å². The Morgan fingerprint density at radius 1 is 1.16 bits per heavy atom. The number of amides is 1. The van der Waals surface area contributed by atoms with Gasteiger partial charge in [0.25, 0.3) is 0 Å². The van der Waals surface area contributed by atoms with Gasteiger partial charge in [-0.2, -0.15) is 0 Å². The van der Waals surface area contributed by atoms with E-state index in [1.165, 1.54) is 26.2 Å². The van der Waals surface area contributed by atoms with Crippen molar-refractivity contribution in [3.63, 3.8) is 0 Å². The monoisotopic (exact) mass is 381 g/mol. The summed E-state index contributed by atoms with van der Waals surface area (Å²) in [5.41, 5.74) is 2.07. The molecule has 1 amide bonds. The summed E-state index contributed by atoms with van der Waals surface area (Å²) in [5.74, 6) is -0.286. The summed E-state index contributed by atoms with van der Waals surface area (Å²) in [6, 6.07) is 11.7. The minimum Gasteiger partial charge on any atom is -0.376 e.